The van der Waals surface area contributed by atoms with E-state index in [-0.39, 0.29) is 31.1 Å². The van der Waals surface area contributed by atoms with Crippen LogP contribution >= 0.6 is 0 Å². The van der Waals surface area contributed by atoms with Crippen LogP contribution in [-0.2, 0) is 11.3 Å². The molecule has 3 saturated heterocycles. The molecule has 0 aliphatic carbocycles. The lowest BCUT2D eigenvalue weighted by Gasteiger charge is -2.40. The number of urea groups is 1. The molecule has 3 unspecified atom stereocenters. The number of aliphatic hydroxyl groups is 1. The second kappa shape index (κ2) is 10.5. The number of benzene rings is 1. The zero-order chi connectivity index (χ0) is 24.4. The average molecular weight is 485 g/mol. The maximum Gasteiger partial charge on any atom is 0.336 e. The maximum absolute atomic E-state index is 13.9. The summed E-state index contributed by atoms with van der Waals surface area (Å²) in [5, 5.41) is 12.4. The van der Waals surface area contributed by atoms with Crippen molar-refractivity contribution in [3.05, 3.63) is 59.9 Å². The molecule has 0 radical (unpaired) electrons. The number of hydrazine groups is 1. The van der Waals surface area contributed by atoms with Gasteiger partial charge in [-0.2, -0.15) is 0 Å². The topological polar surface area (TPSA) is 94.1 Å². The Hall–Kier alpha value is -2.66. The van der Waals surface area contributed by atoms with E-state index in [1.165, 1.54) is 11.1 Å². The SMILES string of the molecule is CCN1C(=O)N(C[C@H](O)CN2C3CCC2CC(OCc2ccccc2F)C3)NC1c1cnccn1. The van der Waals surface area contributed by atoms with Gasteiger partial charge in [-0.15, -0.1) is 0 Å². The van der Waals surface area contributed by atoms with E-state index in [4.69, 9.17) is 4.74 Å². The normalized spacial score (nSPS) is 27.6. The van der Waals surface area contributed by atoms with Crippen LogP contribution in [0.15, 0.2) is 42.9 Å². The van der Waals surface area contributed by atoms with Gasteiger partial charge in [-0.05, 0) is 38.7 Å². The number of aliphatic hydroxyl groups excluding tert-OH is 1. The largest absolute Gasteiger partial charge is 0.390 e. The Bertz CT molecular complexity index is 1000. The lowest BCUT2D eigenvalue weighted by Crippen LogP contribution is -2.51. The number of fused-ring (bicyclic) bond motifs is 2. The number of nitrogens with one attached hydrogen (secondary N) is 1. The molecule has 2 bridgehead atoms. The molecular weight excluding hydrogens is 451 g/mol. The molecule has 1 aromatic heterocycles. The van der Waals surface area contributed by atoms with Gasteiger partial charge in [0.25, 0.3) is 0 Å². The molecule has 2 N–H and O–H groups in total. The number of ether oxygens (including phenoxy) is 1. The molecule has 10 heteroatoms. The van der Waals surface area contributed by atoms with E-state index in [2.05, 4.69) is 20.3 Å². The number of β-amino-alcohol motifs (C(OH)–C–C–N with tert-alkyl or cyclic N) is 1. The van der Waals surface area contributed by atoms with Crippen LogP contribution in [0.5, 0.6) is 0 Å². The molecule has 2 amide bonds. The molecule has 3 aliphatic rings. The maximum atomic E-state index is 13.9. The standard InChI is InChI=1S/C25H33FN6O3/c1-2-30-24(23-13-27-9-10-28-23)29-32(25(30)34)15-20(33)14-31-18-7-8-19(31)12-21(11-18)35-16-17-5-3-4-6-22(17)26/h3-6,9-10,13,18-21,24,29,33H,2,7-8,11-12,14-16H2,1H3/t18?,19?,20-,21?,24?/m1/s1. The number of amides is 2. The Morgan fingerprint density at radius 3 is 2.66 bits per heavy atom. The number of hydrogen-bond donors (Lipinski definition) is 2. The fourth-order valence-corrected chi connectivity index (χ4v) is 5.66. The molecule has 2 aromatic rings. The van der Waals surface area contributed by atoms with Gasteiger partial charge in [-0.25, -0.2) is 14.6 Å². The molecule has 5 rings (SSSR count). The third-order valence-corrected chi connectivity index (χ3v) is 7.36. The summed E-state index contributed by atoms with van der Waals surface area (Å²) in [6.07, 6.45) is 7.72. The van der Waals surface area contributed by atoms with Crippen LogP contribution in [0.1, 0.15) is 50.0 Å². The van der Waals surface area contributed by atoms with Crippen LogP contribution in [0.2, 0.25) is 0 Å². The van der Waals surface area contributed by atoms with E-state index < -0.39 is 12.3 Å². The van der Waals surface area contributed by atoms with Gasteiger partial charge in [-0.3, -0.25) is 19.9 Å². The molecular formula is C25H33FN6O3. The number of hydrogen-bond acceptors (Lipinski definition) is 7. The Morgan fingerprint density at radius 2 is 1.97 bits per heavy atom. The third kappa shape index (κ3) is 5.16. The van der Waals surface area contributed by atoms with E-state index in [1.54, 1.807) is 35.6 Å². The number of rotatable bonds is 9. The third-order valence-electron chi connectivity index (χ3n) is 7.36. The van der Waals surface area contributed by atoms with Gasteiger partial charge in [0.15, 0.2) is 0 Å². The predicted octanol–water partition coefficient (Wildman–Crippen LogP) is 2.45. The Balaban J connectivity index is 1.14. The minimum Gasteiger partial charge on any atom is -0.390 e. The van der Waals surface area contributed by atoms with E-state index >= 15 is 0 Å². The highest BCUT2D eigenvalue weighted by molar-refractivity contribution is 5.76. The first kappa shape index (κ1) is 24.1. The molecule has 35 heavy (non-hydrogen) atoms. The molecule has 9 nitrogen and oxygen atoms in total. The van der Waals surface area contributed by atoms with Crippen LogP contribution in [0.25, 0.3) is 0 Å². The minimum atomic E-state index is -0.690. The number of halogens is 1. The smallest absolute Gasteiger partial charge is 0.336 e. The van der Waals surface area contributed by atoms with Crippen LogP contribution in [-0.4, -0.2) is 79.8 Å². The number of nitrogens with zero attached hydrogens (tertiary/aromatic N) is 5. The van der Waals surface area contributed by atoms with Gasteiger partial charge >= 0.3 is 6.03 Å². The van der Waals surface area contributed by atoms with Gasteiger partial charge in [0.2, 0.25) is 0 Å². The molecule has 1 aromatic carbocycles. The first-order valence-corrected chi connectivity index (χ1v) is 12.4. The number of piperidine rings is 1. The van der Waals surface area contributed by atoms with E-state index in [0.29, 0.717) is 36.4 Å². The van der Waals surface area contributed by atoms with Crippen LogP contribution in [0.4, 0.5) is 9.18 Å². The first-order valence-electron chi connectivity index (χ1n) is 12.4. The van der Waals surface area contributed by atoms with Crippen molar-refractivity contribution in [2.45, 2.75) is 69.7 Å². The molecule has 4 heterocycles. The minimum absolute atomic E-state index is 0.0909. The van der Waals surface area contributed by atoms with Crippen molar-refractivity contribution in [1.29, 1.82) is 0 Å². The van der Waals surface area contributed by atoms with Crippen molar-refractivity contribution in [2.24, 2.45) is 0 Å². The van der Waals surface area contributed by atoms with Crippen molar-refractivity contribution in [3.8, 4) is 0 Å². The molecule has 3 fully saturated rings. The fourth-order valence-electron chi connectivity index (χ4n) is 5.66. The Labute approximate surface area is 204 Å². The van der Waals surface area contributed by atoms with Gasteiger partial charge < -0.3 is 14.7 Å². The summed E-state index contributed by atoms with van der Waals surface area (Å²) in [6.45, 7) is 3.41. The van der Waals surface area contributed by atoms with Crippen LogP contribution < -0.4 is 5.43 Å². The summed E-state index contributed by atoms with van der Waals surface area (Å²) in [5.74, 6) is -0.232. The van der Waals surface area contributed by atoms with Crippen molar-refractivity contribution in [3.63, 3.8) is 0 Å². The zero-order valence-corrected chi connectivity index (χ0v) is 20.0. The van der Waals surface area contributed by atoms with Crippen LogP contribution in [0, 0.1) is 5.82 Å². The van der Waals surface area contributed by atoms with E-state index in [1.807, 2.05) is 13.0 Å². The summed E-state index contributed by atoms with van der Waals surface area (Å²) in [4.78, 5) is 25.4. The highest BCUT2D eigenvalue weighted by atomic mass is 19.1. The molecule has 4 atom stereocenters. The lowest BCUT2D eigenvalue weighted by molar-refractivity contribution is -0.0415. The van der Waals surface area contributed by atoms with Crippen molar-refractivity contribution in [1.82, 2.24) is 30.2 Å². The van der Waals surface area contributed by atoms with Crippen molar-refractivity contribution < 1.29 is 19.0 Å². The van der Waals surface area contributed by atoms with Gasteiger partial charge in [0, 0.05) is 43.1 Å². The summed E-state index contributed by atoms with van der Waals surface area (Å²) in [6, 6.07) is 7.21. The second-order valence-corrected chi connectivity index (χ2v) is 9.57. The van der Waals surface area contributed by atoms with E-state index in [0.717, 1.165) is 25.7 Å². The van der Waals surface area contributed by atoms with Gasteiger partial charge in [-0.1, -0.05) is 18.2 Å². The predicted molar refractivity (Wildman–Crippen MR) is 126 cm³/mol. The van der Waals surface area contributed by atoms with E-state index in [9.17, 15) is 14.3 Å². The van der Waals surface area contributed by atoms with Crippen LogP contribution in [0.3, 0.4) is 0 Å². The second-order valence-electron chi connectivity index (χ2n) is 9.57. The Kier molecular flexibility index (Phi) is 7.24. The van der Waals surface area contributed by atoms with Crippen molar-refractivity contribution >= 4 is 6.03 Å². The monoisotopic (exact) mass is 484 g/mol. The zero-order valence-electron chi connectivity index (χ0n) is 20.0. The molecule has 0 saturated carbocycles. The Morgan fingerprint density at radius 1 is 1.20 bits per heavy atom. The molecule has 0 spiro atoms. The highest BCUT2D eigenvalue weighted by Gasteiger charge is 2.43. The fraction of sp³-hybridized carbons (Fsp3) is 0.560. The van der Waals surface area contributed by atoms with Gasteiger partial charge in [0.1, 0.15) is 12.0 Å². The number of carbonyl (C=O) groups is 1. The summed E-state index contributed by atoms with van der Waals surface area (Å²) in [5.41, 5.74) is 4.43. The van der Waals surface area contributed by atoms with Gasteiger partial charge in [0.05, 0.1) is 37.3 Å². The summed E-state index contributed by atoms with van der Waals surface area (Å²) >= 11 is 0. The first-order chi connectivity index (χ1) is 17.0. The number of carbonyl (C=O) groups excluding carboxylic acids is 1. The lowest BCUT2D eigenvalue weighted by atomic mass is 9.99. The van der Waals surface area contributed by atoms with Crippen molar-refractivity contribution in [2.75, 3.05) is 19.6 Å². The molecule has 188 valence electrons. The highest BCUT2D eigenvalue weighted by Crippen LogP contribution is 2.37. The quantitative estimate of drug-likeness (QED) is 0.565. The average Bonchev–Trinajstić information content (AvgIpc) is 3.29. The summed E-state index contributed by atoms with van der Waals surface area (Å²) < 4.78 is 20.0. The molecule has 3 aliphatic heterocycles. The summed E-state index contributed by atoms with van der Waals surface area (Å²) in [7, 11) is 0. The number of aromatic nitrogens is 2.